The maximum Gasteiger partial charge on any atom is 0.123 e. The molecule has 0 N–H and O–H groups in total. The molecular weight excluding hydrogens is 296 g/mol. The van der Waals surface area contributed by atoms with Gasteiger partial charge in [0.25, 0.3) is 0 Å². The quantitative estimate of drug-likeness (QED) is 0.720. The molecule has 24 heavy (non-hydrogen) atoms. The van der Waals surface area contributed by atoms with Crippen LogP contribution in [-0.2, 0) is 13.1 Å². The van der Waals surface area contributed by atoms with Crippen LogP contribution in [0.3, 0.4) is 0 Å². The highest BCUT2D eigenvalue weighted by Crippen LogP contribution is 2.31. The Morgan fingerprint density at radius 2 is 1.79 bits per heavy atom. The summed E-state index contributed by atoms with van der Waals surface area (Å²) in [4.78, 5) is 11.7. The molecule has 1 aromatic carbocycles. The highest BCUT2D eigenvalue weighted by atomic mass is 15.2. The van der Waals surface area contributed by atoms with Gasteiger partial charge in [-0.05, 0) is 37.1 Å². The predicted molar refractivity (Wildman–Crippen MR) is 94.4 cm³/mol. The Kier molecular flexibility index (Phi) is 4.38. The molecule has 4 rings (SSSR count). The number of likely N-dealkylation sites (tertiary alicyclic amines) is 1. The number of imidazole rings is 1. The van der Waals surface area contributed by atoms with Crippen LogP contribution in [0.1, 0.15) is 36.0 Å². The Hall–Kier alpha value is -2.46. The Morgan fingerprint density at radius 1 is 0.917 bits per heavy atom. The van der Waals surface area contributed by atoms with Gasteiger partial charge in [0.1, 0.15) is 5.82 Å². The number of hydrogen-bond acceptors (Lipinski definition) is 3. The summed E-state index contributed by atoms with van der Waals surface area (Å²) in [7, 11) is 0. The van der Waals surface area contributed by atoms with Crippen LogP contribution >= 0.6 is 0 Å². The zero-order valence-electron chi connectivity index (χ0n) is 13.8. The van der Waals surface area contributed by atoms with E-state index in [1.807, 2.05) is 18.5 Å². The molecule has 1 saturated heterocycles. The summed E-state index contributed by atoms with van der Waals surface area (Å²) in [6, 6.07) is 17.2. The van der Waals surface area contributed by atoms with Crippen LogP contribution < -0.4 is 0 Å². The van der Waals surface area contributed by atoms with Crippen LogP contribution in [0.25, 0.3) is 0 Å². The van der Waals surface area contributed by atoms with Crippen LogP contribution in [0.4, 0.5) is 0 Å². The molecule has 1 atom stereocenters. The standard InChI is InChI=1S/C20H22N4/c1-2-7-17(8-3-1)15-24-14-12-22-20(24)16-23-13-6-10-19(23)18-9-4-5-11-21-18/h1-5,7-9,11-12,14,19H,6,10,13,15-16H2. The van der Waals surface area contributed by atoms with Crippen molar-refractivity contribution in [2.24, 2.45) is 0 Å². The molecule has 0 amide bonds. The molecule has 3 heterocycles. The molecule has 3 aromatic rings. The van der Waals surface area contributed by atoms with Gasteiger partial charge in [0.2, 0.25) is 0 Å². The molecule has 2 aromatic heterocycles. The van der Waals surface area contributed by atoms with Gasteiger partial charge in [0, 0.05) is 25.1 Å². The molecule has 1 unspecified atom stereocenters. The molecule has 4 heteroatoms. The van der Waals surface area contributed by atoms with Gasteiger partial charge >= 0.3 is 0 Å². The van der Waals surface area contributed by atoms with Crippen molar-refractivity contribution in [3.8, 4) is 0 Å². The number of hydrogen-bond donors (Lipinski definition) is 0. The third-order valence-corrected chi connectivity index (χ3v) is 4.73. The van der Waals surface area contributed by atoms with Crippen molar-refractivity contribution < 1.29 is 0 Å². The van der Waals surface area contributed by atoms with E-state index in [-0.39, 0.29) is 0 Å². The van der Waals surface area contributed by atoms with E-state index >= 15 is 0 Å². The Labute approximate surface area is 142 Å². The van der Waals surface area contributed by atoms with E-state index in [0.717, 1.165) is 25.5 Å². The summed E-state index contributed by atoms with van der Waals surface area (Å²) in [6.07, 6.45) is 8.28. The van der Waals surface area contributed by atoms with Gasteiger partial charge in [-0.2, -0.15) is 0 Å². The van der Waals surface area contributed by atoms with Crippen LogP contribution in [0.5, 0.6) is 0 Å². The van der Waals surface area contributed by atoms with Crippen LogP contribution in [0.15, 0.2) is 67.1 Å². The number of rotatable bonds is 5. The highest BCUT2D eigenvalue weighted by molar-refractivity contribution is 5.16. The van der Waals surface area contributed by atoms with Crippen molar-refractivity contribution in [2.75, 3.05) is 6.54 Å². The third kappa shape index (κ3) is 3.24. The topological polar surface area (TPSA) is 34.0 Å². The normalized spacial score (nSPS) is 18.1. The lowest BCUT2D eigenvalue weighted by molar-refractivity contribution is 0.235. The van der Waals surface area contributed by atoms with E-state index in [1.54, 1.807) is 0 Å². The van der Waals surface area contributed by atoms with Gasteiger partial charge in [0.15, 0.2) is 0 Å². The molecule has 1 fully saturated rings. The second-order valence-electron chi connectivity index (χ2n) is 6.34. The van der Waals surface area contributed by atoms with Crippen LogP contribution in [0.2, 0.25) is 0 Å². The molecule has 122 valence electrons. The fourth-order valence-electron chi connectivity index (χ4n) is 3.52. The number of benzene rings is 1. The third-order valence-electron chi connectivity index (χ3n) is 4.73. The van der Waals surface area contributed by atoms with Crippen molar-refractivity contribution in [3.05, 3.63) is 84.2 Å². The summed E-state index contributed by atoms with van der Waals surface area (Å²) >= 11 is 0. The molecule has 1 aliphatic heterocycles. The lowest BCUT2D eigenvalue weighted by Gasteiger charge is -2.24. The highest BCUT2D eigenvalue weighted by Gasteiger charge is 2.27. The number of pyridine rings is 1. The molecule has 0 spiro atoms. The van der Waals surface area contributed by atoms with Crippen LogP contribution in [-0.4, -0.2) is 26.0 Å². The molecule has 0 bridgehead atoms. The smallest absolute Gasteiger partial charge is 0.123 e. The van der Waals surface area contributed by atoms with Gasteiger partial charge in [-0.15, -0.1) is 0 Å². The van der Waals surface area contributed by atoms with Gasteiger partial charge in [-0.1, -0.05) is 36.4 Å². The molecule has 0 radical (unpaired) electrons. The van der Waals surface area contributed by atoms with E-state index in [0.29, 0.717) is 6.04 Å². The second kappa shape index (κ2) is 6.97. The summed E-state index contributed by atoms with van der Waals surface area (Å²) < 4.78 is 2.25. The molecule has 0 aliphatic carbocycles. The average Bonchev–Trinajstić information content (AvgIpc) is 3.27. The maximum absolute atomic E-state index is 4.60. The van der Waals surface area contributed by atoms with Gasteiger partial charge < -0.3 is 4.57 Å². The maximum atomic E-state index is 4.60. The van der Waals surface area contributed by atoms with Gasteiger partial charge in [0.05, 0.1) is 18.3 Å². The van der Waals surface area contributed by atoms with Crippen molar-refractivity contribution >= 4 is 0 Å². The number of nitrogens with zero attached hydrogens (tertiary/aromatic N) is 4. The lowest BCUT2D eigenvalue weighted by Crippen LogP contribution is -2.25. The van der Waals surface area contributed by atoms with E-state index in [4.69, 9.17) is 0 Å². The minimum atomic E-state index is 0.410. The lowest BCUT2D eigenvalue weighted by atomic mass is 10.1. The molecular formula is C20H22N4. The monoisotopic (exact) mass is 318 g/mol. The fourth-order valence-corrected chi connectivity index (χ4v) is 3.52. The van der Waals surface area contributed by atoms with E-state index < -0.39 is 0 Å². The van der Waals surface area contributed by atoms with Gasteiger partial charge in [-0.3, -0.25) is 9.88 Å². The molecule has 1 aliphatic rings. The molecule has 0 saturated carbocycles. The van der Waals surface area contributed by atoms with Gasteiger partial charge in [-0.25, -0.2) is 4.98 Å². The second-order valence-corrected chi connectivity index (χ2v) is 6.34. The minimum Gasteiger partial charge on any atom is -0.329 e. The van der Waals surface area contributed by atoms with Crippen LogP contribution in [0, 0.1) is 0 Å². The zero-order valence-corrected chi connectivity index (χ0v) is 13.8. The first kappa shape index (κ1) is 15.1. The summed E-state index contributed by atoms with van der Waals surface area (Å²) in [5.41, 5.74) is 2.48. The van der Waals surface area contributed by atoms with Crippen molar-refractivity contribution in [2.45, 2.75) is 32.0 Å². The van der Waals surface area contributed by atoms with Crippen molar-refractivity contribution in [1.29, 1.82) is 0 Å². The van der Waals surface area contributed by atoms with E-state index in [9.17, 15) is 0 Å². The summed E-state index contributed by atoms with van der Waals surface area (Å²) in [6.45, 7) is 2.86. The van der Waals surface area contributed by atoms with E-state index in [1.165, 1.54) is 24.1 Å². The summed E-state index contributed by atoms with van der Waals surface area (Å²) in [5, 5.41) is 0. The van der Waals surface area contributed by atoms with Crippen molar-refractivity contribution in [1.82, 2.24) is 19.4 Å². The Balaban J connectivity index is 1.50. The first-order chi connectivity index (χ1) is 11.9. The largest absolute Gasteiger partial charge is 0.329 e. The SMILES string of the molecule is c1ccc(Cn2ccnc2CN2CCCC2c2ccccn2)cc1. The first-order valence-corrected chi connectivity index (χ1v) is 8.59. The zero-order chi connectivity index (χ0) is 16.2. The fraction of sp³-hybridized carbons (Fsp3) is 0.300. The average molecular weight is 318 g/mol. The summed E-state index contributed by atoms with van der Waals surface area (Å²) in [5.74, 6) is 1.13. The Morgan fingerprint density at radius 3 is 2.62 bits per heavy atom. The molecule has 4 nitrogen and oxygen atoms in total. The van der Waals surface area contributed by atoms with E-state index in [2.05, 4.69) is 68.1 Å². The van der Waals surface area contributed by atoms with Crippen molar-refractivity contribution in [3.63, 3.8) is 0 Å². The Bertz CT molecular complexity index is 767. The predicted octanol–water partition coefficient (Wildman–Crippen LogP) is 3.66. The minimum absolute atomic E-state index is 0.410. The number of aromatic nitrogens is 3. The first-order valence-electron chi connectivity index (χ1n) is 8.59.